The zero-order valence-corrected chi connectivity index (χ0v) is 7.05. The van der Waals surface area contributed by atoms with E-state index in [1.807, 2.05) is 0 Å². The molecule has 0 spiro atoms. The lowest BCUT2D eigenvalue weighted by atomic mass is 10.4. The molecule has 1 heterocycles. The summed E-state index contributed by atoms with van der Waals surface area (Å²) in [5.41, 5.74) is 0. The molecule has 0 bridgehead atoms. The number of hydrogen-bond acceptors (Lipinski definition) is 4. The Balaban J connectivity index is 2.86. The summed E-state index contributed by atoms with van der Waals surface area (Å²) < 4.78 is 25.1. The summed E-state index contributed by atoms with van der Waals surface area (Å²) in [6, 6.07) is 0. The van der Waals surface area contributed by atoms with Gasteiger partial charge in [-0.25, -0.2) is 4.57 Å². The van der Waals surface area contributed by atoms with Gasteiger partial charge in [0.25, 0.3) is 0 Å². The van der Waals surface area contributed by atoms with Gasteiger partial charge >= 0.3 is 7.82 Å². The Hall–Kier alpha value is -0.910. The molecule has 0 amide bonds. The minimum absolute atomic E-state index is 0.134. The van der Waals surface area contributed by atoms with Crippen molar-refractivity contribution in [2.75, 3.05) is 7.11 Å². The number of phosphoric acid groups is 1. The van der Waals surface area contributed by atoms with E-state index in [-0.39, 0.29) is 5.76 Å². The standard InChI is InChI=1S/C6H7O4P/c1-4-6-5(2)9-11(7,8-3)10-6/h1H,2-3H3. The first-order valence-electron chi connectivity index (χ1n) is 2.84. The molecule has 0 radical (unpaired) electrons. The van der Waals surface area contributed by atoms with Crippen LogP contribution in [0.15, 0.2) is 11.5 Å². The fourth-order valence-electron chi connectivity index (χ4n) is 0.606. The molecule has 4 nitrogen and oxygen atoms in total. The summed E-state index contributed by atoms with van der Waals surface area (Å²) in [6.07, 6.45) is 5.01. The highest BCUT2D eigenvalue weighted by Crippen LogP contribution is 2.57. The minimum Gasteiger partial charge on any atom is -0.395 e. The van der Waals surface area contributed by atoms with Crippen LogP contribution in [0, 0.1) is 12.3 Å². The predicted octanol–water partition coefficient (Wildman–Crippen LogP) is 1.65. The third-order valence-corrected chi connectivity index (χ3v) is 2.48. The van der Waals surface area contributed by atoms with E-state index in [0.717, 1.165) is 0 Å². The largest absolute Gasteiger partial charge is 0.587 e. The maximum Gasteiger partial charge on any atom is 0.587 e. The second kappa shape index (κ2) is 2.61. The normalized spacial score (nSPS) is 29.2. The van der Waals surface area contributed by atoms with Crippen LogP contribution in [0.3, 0.4) is 0 Å². The van der Waals surface area contributed by atoms with Crippen molar-refractivity contribution in [2.45, 2.75) is 6.92 Å². The van der Waals surface area contributed by atoms with Crippen LogP contribution in [-0.4, -0.2) is 7.11 Å². The van der Waals surface area contributed by atoms with Crippen molar-refractivity contribution in [3.05, 3.63) is 11.5 Å². The number of phosphoric ester groups is 1. The van der Waals surface area contributed by atoms with Gasteiger partial charge in [-0.1, -0.05) is 0 Å². The molecule has 0 aromatic carbocycles. The van der Waals surface area contributed by atoms with Crippen LogP contribution in [0.4, 0.5) is 0 Å². The Labute approximate surface area is 64.8 Å². The first-order chi connectivity index (χ1) is 5.11. The molecule has 0 N–H and O–H groups in total. The molecule has 1 rings (SSSR count). The molecule has 1 atom stereocenters. The van der Waals surface area contributed by atoms with Crippen molar-refractivity contribution in [3.8, 4) is 12.3 Å². The summed E-state index contributed by atoms with van der Waals surface area (Å²) >= 11 is 0. The molecule has 0 aliphatic carbocycles. The summed E-state index contributed by atoms with van der Waals surface area (Å²) in [4.78, 5) is 0. The van der Waals surface area contributed by atoms with Gasteiger partial charge in [-0.3, -0.25) is 4.52 Å². The second-order valence-corrected chi connectivity index (χ2v) is 3.47. The number of terminal acetylenes is 1. The lowest BCUT2D eigenvalue weighted by Gasteiger charge is -2.05. The third kappa shape index (κ3) is 1.40. The van der Waals surface area contributed by atoms with E-state index in [1.54, 1.807) is 6.92 Å². The lowest BCUT2D eigenvalue weighted by Crippen LogP contribution is -1.83. The van der Waals surface area contributed by atoms with E-state index in [1.165, 1.54) is 7.11 Å². The zero-order chi connectivity index (χ0) is 8.48. The summed E-state index contributed by atoms with van der Waals surface area (Å²) in [5, 5.41) is 0. The highest BCUT2D eigenvalue weighted by molar-refractivity contribution is 7.49. The van der Waals surface area contributed by atoms with Crippen molar-refractivity contribution in [2.24, 2.45) is 0 Å². The molecule has 0 saturated heterocycles. The van der Waals surface area contributed by atoms with E-state index in [0.29, 0.717) is 5.76 Å². The molecule has 60 valence electrons. The molecule has 5 heteroatoms. The Morgan fingerprint density at radius 2 is 2.27 bits per heavy atom. The molecular weight excluding hydrogens is 167 g/mol. The van der Waals surface area contributed by atoms with Crippen molar-refractivity contribution in [1.29, 1.82) is 0 Å². The smallest absolute Gasteiger partial charge is 0.395 e. The van der Waals surface area contributed by atoms with Gasteiger partial charge in [0.1, 0.15) is 0 Å². The molecule has 1 aliphatic heterocycles. The number of rotatable bonds is 1. The van der Waals surface area contributed by atoms with E-state index in [2.05, 4.69) is 10.4 Å². The molecule has 0 aromatic rings. The van der Waals surface area contributed by atoms with Crippen LogP contribution in [-0.2, 0) is 18.1 Å². The quantitative estimate of drug-likeness (QED) is 0.447. The fraction of sp³-hybridized carbons (Fsp3) is 0.333. The van der Waals surface area contributed by atoms with Crippen molar-refractivity contribution >= 4 is 7.82 Å². The molecule has 1 aliphatic rings. The van der Waals surface area contributed by atoms with Crippen LogP contribution in [0.2, 0.25) is 0 Å². The van der Waals surface area contributed by atoms with Crippen LogP contribution < -0.4 is 0 Å². The Kier molecular flexibility index (Phi) is 1.95. The maximum atomic E-state index is 11.2. The van der Waals surface area contributed by atoms with Gasteiger partial charge in [0.15, 0.2) is 5.76 Å². The van der Waals surface area contributed by atoms with E-state index >= 15 is 0 Å². The Bertz CT molecular complexity index is 285. The second-order valence-electron chi connectivity index (χ2n) is 1.84. The highest BCUT2D eigenvalue weighted by Gasteiger charge is 2.37. The van der Waals surface area contributed by atoms with E-state index < -0.39 is 7.82 Å². The molecular formula is C6H7O4P. The zero-order valence-electron chi connectivity index (χ0n) is 6.16. The van der Waals surface area contributed by atoms with Crippen molar-refractivity contribution in [1.82, 2.24) is 0 Å². The Morgan fingerprint density at radius 1 is 1.64 bits per heavy atom. The van der Waals surface area contributed by atoms with Gasteiger partial charge in [0.2, 0.25) is 5.76 Å². The highest BCUT2D eigenvalue weighted by atomic mass is 31.2. The number of allylic oxidation sites excluding steroid dienone is 2. The first kappa shape index (κ1) is 8.19. The topological polar surface area (TPSA) is 44.8 Å². The van der Waals surface area contributed by atoms with E-state index in [9.17, 15) is 4.57 Å². The lowest BCUT2D eigenvalue weighted by molar-refractivity contribution is 0.229. The summed E-state index contributed by atoms with van der Waals surface area (Å²) in [7, 11) is -2.17. The van der Waals surface area contributed by atoms with Gasteiger partial charge in [0, 0.05) is 7.11 Å². The maximum absolute atomic E-state index is 11.2. The average molecular weight is 174 g/mol. The van der Waals surface area contributed by atoms with Gasteiger partial charge in [-0.05, 0) is 12.8 Å². The van der Waals surface area contributed by atoms with Gasteiger partial charge in [-0.15, -0.1) is 6.42 Å². The minimum atomic E-state index is -3.40. The Morgan fingerprint density at radius 3 is 2.55 bits per heavy atom. The molecule has 0 saturated carbocycles. The van der Waals surface area contributed by atoms with Crippen LogP contribution in [0.25, 0.3) is 0 Å². The SMILES string of the molecule is C#CC1=C(C)OP(=O)(OC)O1. The molecule has 0 fully saturated rings. The summed E-state index contributed by atoms with van der Waals surface area (Å²) in [6.45, 7) is 1.56. The van der Waals surface area contributed by atoms with Gasteiger partial charge in [0.05, 0.1) is 0 Å². The molecule has 1 unspecified atom stereocenters. The summed E-state index contributed by atoms with van der Waals surface area (Å²) in [5.74, 6) is 2.64. The van der Waals surface area contributed by atoms with Crippen molar-refractivity contribution in [3.63, 3.8) is 0 Å². The third-order valence-electron chi connectivity index (χ3n) is 1.13. The van der Waals surface area contributed by atoms with Crippen LogP contribution >= 0.6 is 7.82 Å². The van der Waals surface area contributed by atoms with E-state index in [4.69, 9.17) is 15.5 Å². The van der Waals surface area contributed by atoms with Crippen LogP contribution in [0.1, 0.15) is 6.92 Å². The first-order valence-corrected chi connectivity index (χ1v) is 4.30. The molecule has 0 aromatic heterocycles. The van der Waals surface area contributed by atoms with Crippen molar-refractivity contribution < 1.29 is 18.1 Å². The fourth-order valence-corrected chi connectivity index (χ4v) is 1.62. The average Bonchev–Trinajstić information content (AvgIpc) is 2.27. The molecule has 11 heavy (non-hydrogen) atoms. The number of hydrogen-bond donors (Lipinski definition) is 0. The monoisotopic (exact) mass is 174 g/mol. The van der Waals surface area contributed by atoms with Gasteiger partial charge < -0.3 is 9.05 Å². The van der Waals surface area contributed by atoms with Gasteiger partial charge in [-0.2, -0.15) is 0 Å². The van der Waals surface area contributed by atoms with Crippen LogP contribution in [0.5, 0.6) is 0 Å². The predicted molar refractivity (Wildman–Crippen MR) is 38.3 cm³/mol.